The maximum absolute atomic E-state index is 13.8. The molecule has 3 saturated heterocycles. The molecular weight excluding hydrogens is 798 g/mol. The van der Waals surface area contributed by atoms with Crippen LogP contribution in [0.5, 0.6) is 5.75 Å². The van der Waals surface area contributed by atoms with Gasteiger partial charge in [-0.1, -0.05) is 13.0 Å². The molecule has 60 heavy (non-hydrogen) atoms. The molecule has 4 aliphatic rings. The van der Waals surface area contributed by atoms with E-state index in [2.05, 4.69) is 32.7 Å². The molecule has 4 fully saturated rings. The first-order chi connectivity index (χ1) is 28.6. The number of alkyl halides is 3. The molecule has 1 aliphatic carbocycles. The topological polar surface area (TPSA) is 150 Å². The molecule has 7 rings (SSSR count). The molecule has 13 nitrogen and oxygen atoms in total. The van der Waals surface area contributed by atoms with Gasteiger partial charge in [-0.05, 0) is 106 Å². The standard InChI is InChI=1S/C43H49F3N8O5S/c1-4-30-24-51(16-17-52(30)25-38(56)49-29-7-5-6-28(20-29)48-35-13-15-37(55)50-39(35)57)18-19-59-36-14-12-32(21-33(36)26-8-9-26)54-41(60)53(40(58)42(54,2)3)31-11-10-27(23-47)34(22-31)43(44,45)46/h5-7,10-12,14,20-22,26,30,35,41,48,60H,4,8-9,13,15-19,24-25H2,1-3H3,(H,49,56)(H,50,55,57)/t30-,35?,41+/m1/s1. The van der Waals surface area contributed by atoms with Crippen LogP contribution in [0, 0.1) is 11.3 Å². The number of ether oxygens (including phenoxy) is 1. The van der Waals surface area contributed by atoms with Gasteiger partial charge in [-0.25, -0.2) is 0 Å². The number of hydrogen-bond acceptors (Lipinski definition) is 11. The number of piperazine rings is 1. The number of benzene rings is 3. The number of nitrogens with zero attached hydrogens (tertiary/aromatic N) is 5. The summed E-state index contributed by atoms with van der Waals surface area (Å²) in [5.41, 5.74) is -0.723. The third-order valence-corrected chi connectivity index (χ3v) is 12.2. The van der Waals surface area contributed by atoms with Gasteiger partial charge in [0.15, 0.2) is 5.50 Å². The summed E-state index contributed by atoms with van der Waals surface area (Å²) in [6.45, 7) is 9.13. The first-order valence-corrected chi connectivity index (χ1v) is 20.7. The lowest BCUT2D eigenvalue weighted by Crippen LogP contribution is -2.55. The largest absolute Gasteiger partial charge is 0.492 e. The monoisotopic (exact) mass is 846 g/mol. The highest BCUT2D eigenvalue weighted by Gasteiger charge is 2.52. The van der Waals surface area contributed by atoms with Crippen molar-refractivity contribution in [1.29, 1.82) is 5.26 Å². The van der Waals surface area contributed by atoms with E-state index in [4.69, 9.17) is 17.4 Å². The summed E-state index contributed by atoms with van der Waals surface area (Å²) < 4.78 is 47.9. The highest BCUT2D eigenvalue weighted by atomic mass is 32.1. The predicted molar refractivity (Wildman–Crippen MR) is 224 cm³/mol. The van der Waals surface area contributed by atoms with E-state index in [9.17, 15) is 37.6 Å². The van der Waals surface area contributed by atoms with Crippen LogP contribution in [0.3, 0.4) is 0 Å². The molecule has 318 valence electrons. The van der Waals surface area contributed by atoms with Crippen LogP contribution in [0.4, 0.5) is 35.9 Å². The lowest BCUT2D eigenvalue weighted by Gasteiger charge is -2.40. The lowest BCUT2D eigenvalue weighted by molar-refractivity contribution is -0.138. The number of piperidine rings is 1. The van der Waals surface area contributed by atoms with Gasteiger partial charge in [0.1, 0.15) is 23.9 Å². The Morgan fingerprint density at radius 2 is 1.77 bits per heavy atom. The van der Waals surface area contributed by atoms with Gasteiger partial charge < -0.3 is 20.3 Å². The van der Waals surface area contributed by atoms with E-state index >= 15 is 0 Å². The maximum Gasteiger partial charge on any atom is 0.417 e. The highest BCUT2D eigenvalue weighted by Crippen LogP contribution is 2.48. The Morgan fingerprint density at radius 3 is 2.47 bits per heavy atom. The van der Waals surface area contributed by atoms with Crippen LogP contribution in [-0.2, 0) is 25.4 Å². The van der Waals surface area contributed by atoms with E-state index in [1.807, 2.05) is 24.3 Å². The van der Waals surface area contributed by atoms with Gasteiger partial charge in [0.25, 0.3) is 5.91 Å². The SMILES string of the molecule is CC[C@@H]1CN(CCOc2ccc(N3[C@@H](S)N(c4ccc(C#N)c(C(F)(F)F)c4)C(=O)C3(C)C)cc2C2CC2)CCN1CC(=O)Nc1cccc(NC2CCC(=O)NC2=O)c1. The number of hydrogen-bond donors (Lipinski definition) is 4. The molecule has 0 radical (unpaired) electrons. The second-order valence-electron chi connectivity index (χ2n) is 16.2. The molecule has 3 aromatic carbocycles. The zero-order valence-corrected chi connectivity index (χ0v) is 34.6. The van der Waals surface area contributed by atoms with E-state index < -0.39 is 40.3 Å². The zero-order chi connectivity index (χ0) is 42.9. The second kappa shape index (κ2) is 17.3. The number of nitriles is 1. The van der Waals surface area contributed by atoms with Crippen molar-refractivity contribution in [3.63, 3.8) is 0 Å². The molecule has 0 spiro atoms. The van der Waals surface area contributed by atoms with Gasteiger partial charge in [0.2, 0.25) is 17.7 Å². The fourth-order valence-electron chi connectivity index (χ4n) is 8.30. The number of imide groups is 1. The molecule has 1 unspecified atom stereocenters. The Bertz CT molecular complexity index is 2190. The van der Waals surface area contributed by atoms with E-state index in [0.29, 0.717) is 43.2 Å². The Balaban J connectivity index is 0.942. The number of anilines is 4. The van der Waals surface area contributed by atoms with Gasteiger partial charge in [0, 0.05) is 61.4 Å². The normalized spacial score (nSPS) is 22.4. The van der Waals surface area contributed by atoms with Crippen LogP contribution in [0.1, 0.15) is 75.5 Å². The van der Waals surface area contributed by atoms with Crippen LogP contribution >= 0.6 is 12.6 Å². The number of amides is 4. The average Bonchev–Trinajstić information content (AvgIpc) is 4.03. The first kappa shape index (κ1) is 42.8. The Labute approximate surface area is 352 Å². The molecule has 3 aromatic rings. The van der Waals surface area contributed by atoms with Crippen molar-refractivity contribution in [1.82, 2.24) is 15.1 Å². The molecule has 0 aromatic heterocycles. The maximum atomic E-state index is 13.8. The Hall–Kier alpha value is -5.31. The minimum Gasteiger partial charge on any atom is -0.492 e. The van der Waals surface area contributed by atoms with Crippen LogP contribution in [0.15, 0.2) is 60.7 Å². The van der Waals surface area contributed by atoms with Gasteiger partial charge in [-0.3, -0.25) is 39.2 Å². The number of rotatable bonds is 13. The van der Waals surface area contributed by atoms with Crippen molar-refractivity contribution in [2.75, 3.05) is 59.8 Å². The van der Waals surface area contributed by atoms with Crippen molar-refractivity contribution in [2.24, 2.45) is 0 Å². The Kier molecular flexibility index (Phi) is 12.4. The lowest BCUT2D eigenvalue weighted by atomic mass is 10.0. The minimum absolute atomic E-state index is 0.00236. The molecule has 3 N–H and O–H groups in total. The van der Waals surface area contributed by atoms with E-state index in [0.717, 1.165) is 55.8 Å². The summed E-state index contributed by atoms with van der Waals surface area (Å²) in [4.78, 5) is 58.2. The zero-order valence-electron chi connectivity index (χ0n) is 33.7. The van der Waals surface area contributed by atoms with E-state index in [1.54, 1.807) is 43.0 Å². The second-order valence-corrected chi connectivity index (χ2v) is 16.7. The fourth-order valence-corrected chi connectivity index (χ4v) is 8.96. The molecule has 3 atom stereocenters. The summed E-state index contributed by atoms with van der Waals surface area (Å²) in [7, 11) is 0. The molecule has 4 amide bonds. The van der Waals surface area contributed by atoms with E-state index in [1.165, 1.54) is 11.0 Å². The molecule has 1 saturated carbocycles. The number of carbonyl (C=O) groups excluding carboxylic acids is 4. The third kappa shape index (κ3) is 9.20. The van der Waals surface area contributed by atoms with Crippen molar-refractivity contribution in [3.05, 3.63) is 77.4 Å². The summed E-state index contributed by atoms with van der Waals surface area (Å²) >= 11 is 4.77. The molecule has 3 heterocycles. The number of nitrogens with one attached hydrogen (secondary N) is 3. The van der Waals surface area contributed by atoms with Gasteiger partial charge in [-0.2, -0.15) is 18.4 Å². The van der Waals surface area contributed by atoms with Crippen LogP contribution in [-0.4, -0.2) is 95.9 Å². The minimum atomic E-state index is -4.78. The number of carbonyl (C=O) groups is 4. The van der Waals surface area contributed by atoms with Crippen LogP contribution in [0.25, 0.3) is 0 Å². The van der Waals surface area contributed by atoms with Crippen LogP contribution in [0.2, 0.25) is 0 Å². The number of halogens is 3. The number of thiol groups is 1. The average molecular weight is 847 g/mol. The molecule has 17 heteroatoms. The molecular formula is C43H49F3N8O5S. The highest BCUT2D eigenvalue weighted by molar-refractivity contribution is 7.81. The van der Waals surface area contributed by atoms with Crippen molar-refractivity contribution in [3.8, 4) is 11.8 Å². The van der Waals surface area contributed by atoms with Gasteiger partial charge in [0.05, 0.1) is 23.7 Å². The third-order valence-electron chi connectivity index (χ3n) is 11.7. The summed E-state index contributed by atoms with van der Waals surface area (Å²) in [6.07, 6.45) is -1.27. The van der Waals surface area contributed by atoms with Crippen molar-refractivity contribution in [2.45, 2.75) is 88.1 Å². The molecule has 3 aliphatic heterocycles. The molecule has 0 bridgehead atoms. The first-order valence-electron chi connectivity index (χ1n) is 20.2. The summed E-state index contributed by atoms with van der Waals surface area (Å²) in [5, 5.41) is 17.8. The fraction of sp³-hybridized carbons (Fsp3) is 0.465. The smallest absolute Gasteiger partial charge is 0.417 e. The van der Waals surface area contributed by atoms with Gasteiger partial charge >= 0.3 is 6.18 Å². The van der Waals surface area contributed by atoms with E-state index in [-0.39, 0.29) is 48.3 Å². The van der Waals surface area contributed by atoms with Gasteiger partial charge in [-0.15, -0.1) is 12.6 Å². The van der Waals surface area contributed by atoms with Crippen molar-refractivity contribution < 1.29 is 37.1 Å². The predicted octanol–water partition coefficient (Wildman–Crippen LogP) is 5.93. The quantitative estimate of drug-likeness (QED) is 0.121. The summed E-state index contributed by atoms with van der Waals surface area (Å²) in [5.74, 6) is -0.173. The summed E-state index contributed by atoms with van der Waals surface area (Å²) in [6, 6.07) is 17.4. The van der Waals surface area contributed by atoms with Crippen molar-refractivity contribution >= 4 is 59.0 Å². The Morgan fingerprint density at radius 1 is 1.02 bits per heavy atom. The van der Waals surface area contributed by atoms with Crippen LogP contribution < -0.4 is 30.5 Å².